The van der Waals surface area contributed by atoms with E-state index in [0.29, 0.717) is 6.42 Å². The van der Waals surface area contributed by atoms with Crippen molar-refractivity contribution >= 4 is 21.7 Å². The topological polar surface area (TPSA) is 60.9 Å². The molecule has 5 heteroatoms. The summed E-state index contributed by atoms with van der Waals surface area (Å²) in [6.07, 6.45) is 1.25. The monoisotopic (exact) mass is 315 g/mol. The predicted octanol–water partition coefficient (Wildman–Crippen LogP) is 2.32. The minimum Gasteiger partial charge on any atom is -0.327 e. The highest BCUT2D eigenvalue weighted by Gasteiger charge is 2.22. The van der Waals surface area contributed by atoms with E-state index in [1.165, 1.54) is 0 Å². The Hall–Kier alpha value is -0.680. The first-order valence-corrected chi connectivity index (χ1v) is 7.23. The first-order valence-electron chi connectivity index (χ1n) is 6.44. The van der Waals surface area contributed by atoms with Crippen LogP contribution in [-0.2, 0) is 24.2 Å². The quantitative estimate of drug-likeness (QED) is 0.876. The Morgan fingerprint density at radius 2 is 2.06 bits per heavy atom. The fourth-order valence-corrected chi connectivity index (χ4v) is 2.51. The molecular formula is C13H22BrN3O. The van der Waals surface area contributed by atoms with E-state index in [9.17, 15) is 4.79 Å². The van der Waals surface area contributed by atoms with Crippen LogP contribution in [0.4, 0.5) is 0 Å². The summed E-state index contributed by atoms with van der Waals surface area (Å²) in [5.41, 5.74) is 7.75. The summed E-state index contributed by atoms with van der Waals surface area (Å²) >= 11 is 3.55. The highest BCUT2D eigenvalue weighted by molar-refractivity contribution is 9.10. The Morgan fingerprint density at radius 3 is 2.50 bits per heavy atom. The molecule has 4 nitrogen and oxygen atoms in total. The van der Waals surface area contributed by atoms with Crippen molar-refractivity contribution < 1.29 is 4.79 Å². The Kier molecular flexibility index (Phi) is 5.53. The third kappa shape index (κ3) is 3.20. The maximum atomic E-state index is 12.1. The first kappa shape index (κ1) is 15.4. The summed E-state index contributed by atoms with van der Waals surface area (Å²) in [6, 6.07) is -0.111. The fourth-order valence-electron chi connectivity index (χ4n) is 1.81. The zero-order chi connectivity index (χ0) is 13.9. The van der Waals surface area contributed by atoms with E-state index in [0.717, 1.165) is 28.8 Å². The summed E-state index contributed by atoms with van der Waals surface area (Å²) in [5.74, 6) is 0.0464. The molecule has 2 atom stereocenters. The summed E-state index contributed by atoms with van der Waals surface area (Å²) in [7, 11) is 0. The van der Waals surface area contributed by atoms with Crippen molar-refractivity contribution in [1.29, 1.82) is 0 Å². The number of nitrogens with two attached hydrogens (primary N) is 1. The van der Waals surface area contributed by atoms with Crippen LogP contribution >= 0.6 is 15.9 Å². The van der Waals surface area contributed by atoms with Gasteiger partial charge in [-0.1, -0.05) is 13.8 Å². The molecule has 2 N–H and O–H groups in total. The third-order valence-corrected chi connectivity index (χ3v) is 4.25. The Labute approximate surface area is 117 Å². The lowest BCUT2D eigenvalue weighted by Crippen LogP contribution is -2.32. The van der Waals surface area contributed by atoms with Crippen LogP contribution in [0.15, 0.2) is 4.47 Å². The molecule has 0 radical (unpaired) electrons. The van der Waals surface area contributed by atoms with Gasteiger partial charge in [-0.05, 0) is 36.2 Å². The summed E-state index contributed by atoms with van der Waals surface area (Å²) < 4.78 is 2.87. The fraction of sp³-hybridized carbons (Fsp3) is 0.692. The first-order chi connectivity index (χ1) is 8.42. The molecule has 1 aromatic heterocycles. The molecule has 0 fully saturated rings. The number of carbonyl (C=O) groups is 1. The number of ketones is 1. The van der Waals surface area contributed by atoms with Gasteiger partial charge in [0.05, 0.1) is 15.9 Å². The van der Waals surface area contributed by atoms with Gasteiger partial charge >= 0.3 is 0 Å². The molecule has 0 saturated carbocycles. The van der Waals surface area contributed by atoms with E-state index in [1.54, 1.807) is 0 Å². The van der Waals surface area contributed by atoms with Crippen molar-refractivity contribution in [3.05, 3.63) is 15.9 Å². The molecule has 0 spiro atoms. The van der Waals surface area contributed by atoms with Crippen LogP contribution in [0.1, 0.15) is 39.1 Å². The van der Waals surface area contributed by atoms with Crippen LogP contribution in [-0.4, -0.2) is 21.6 Å². The van der Waals surface area contributed by atoms with Gasteiger partial charge in [0.25, 0.3) is 0 Å². The highest BCUT2D eigenvalue weighted by Crippen LogP contribution is 2.24. The molecule has 2 unspecified atom stereocenters. The molecule has 0 aromatic carbocycles. The van der Waals surface area contributed by atoms with Gasteiger partial charge in [-0.15, -0.1) is 0 Å². The normalized spacial score (nSPS) is 14.6. The molecule has 1 aromatic rings. The molecule has 1 heterocycles. The lowest BCUT2D eigenvalue weighted by molar-refractivity contribution is -0.122. The Morgan fingerprint density at radius 1 is 1.44 bits per heavy atom. The third-order valence-electron chi connectivity index (χ3n) is 3.33. The van der Waals surface area contributed by atoms with Crippen LogP contribution in [0.5, 0.6) is 0 Å². The molecule has 0 amide bonds. The van der Waals surface area contributed by atoms with Crippen molar-refractivity contribution in [3.63, 3.8) is 0 Å². The minimum absolute atomic E-state index is 0.111. The lowest BCUT2D eigenvalue weighted by Gasteiger charge is -2.14. The number of aromatic nitrogens is 2. The molecular weight excluding hydrogens is 294 g/mol. The van der Waals surface area contributed by atoms with Crippen LogP contribution in [0, 0.1) is 5.92 Å². The van der Waals surface area contributed by atoms with Gasteiger partial charge in [0.2, 0.25) is 0 Å². The van der Waals surface area contributed by atoms with Crippen molar-refractivity contribution in [2.45, 2.75) is 53.1 Å². The number of nitrogens with zero attached hydrogens (tertiary/aromatic N) is 2. The smallest absolute Gasteiger partial charge is 0.143 e. The van der Waals surface area contributed by atoms with Crippen molar-refractivity contribution in [3.8, 4) is 0 Å². The lowest BCUT2D eigenvalue weighted by atomic mass is 9.96. The van der Waals surface area contributed by atoms with E-state index in [-0.39, 0.29) is 17.7 Å². The Bertz CT molecular complexity index is 426. The molecule has 0 aliphatic carbocycles. The number of aryl methyl sites for hydroxylation is 2. The molecule has 0 saturated heterocycles. The number of carbonyl (C=O) groups excluding carboxylic acids is 1. The summed E-state index contributed by atoms with van der Waals surface area (Å²) in [4.78, 5) is 12.1. The van der Waals surface area contributed by atoms with Crippen molar-refractivity contribution in [1.82, 2.24) is 9.78 Å². The van der Waals surface area contributed by atoms with Crippen LogP contribution in [0.25, 0.3) is 0 Å². The van der Waals surface area contributed by atoms with Gasteiger partial charge in [-0.25, -0.2) is 0 Å². The SMILES string of the molecule is CCc1nn(CC)c(CC(=O)C(C)C(C)N)c1Br. The average Bonchev–Trinajstić information content (AvgIpc) is 2.65. The zero-order valence-electron chi connectivity index (χ0n) is 11.5. The van der Waals surface area contributed by atoms with Gasteiger partial charge in [0, 0.05) is 24.9 Å². The second-order valence-corrected chi connectivity index (χ2v) is 5.46. The van der Waals surface area contributed by atoms with Gasteiger partial charge < -0.3 is 5.73 Å². The average molecular weight is 316 g/mol. The molecule has 1 rings (SSSR count). The molecule has 0 aliphatic rings. The van der Waals surface area contributed by atoms with E-state index in [1.807, 2.05) is 25.5 Å². The number of hydrogen-bond donors (Lipinski definition) is 1. The second-order valence-electron chi connectivity index (χ2n) is 4.67. The van der Waals surface area contributed by atoms with Crippen molar-refractivity contribution in [2.75, 3.05) is 0 Å². The van der Waals surface area contributed by atoms with Gasteiger partial charge in [0.15, 0.2) is 0 Å². The maximum absolute atomic E-state index is 12.1. The second kappa shape index (κ2) is 6.48. The minimum atomic E-state index is -0.123. The van der Waals surface area contributed by atoms with Crippen LogP contribution < -0.4 is 5.73 Å². The summed E-state index contributed by atoms with van der Waals surface area (Å²) in [6.45, 7) is 8.61. The number of halogens is 1. The molecule has 0 bridgehead atoms. The summed E-state index contributed by atoms with van der Waals surface area (Å²) in [5, 5.41) is 4.49. The van der Waals surface area contributed by atoms with Crippen molar-refractivity contribution in [2.24, 2.45) is 11.7 Å². The molecule has 18 heavy (non-hydrogen) atoms. The van der Waals surface area contributed by atoms with E-state index in [4.69, 9.17) is 5.73 Å². The van der Waals surface area contributed by atoms with E-state index >= 15 is 0 Å². The number of rotatable bonds is 6. The van der Waals surface area contributed by atoms with Crippen LogP contribution in [0.2, 0.25) is 0 Å². The van der Waals surface area contributed by atoms with E-state index < -0.39 is 0 Å². The highest BCUT2D eigenvalue weighted by atomic mass is 79.9. The number of hydrogen-bond acceptors (Lipinski definition) is 3. The molecule has 0 aliphatic heterocycles. The standard InChI is InChI=1S/C13H22BrN3O/c1-5-10-13(14)11(17(6-2)16-10)7-12(18)8(3)9(4)15/h8-9H,5-7,15H2,1-4H3. The zero-order valence-corrected chi connectivity index (χ0v) is 13.1. The van der Waals surface area contributed by atoms with Gasteiger partial charge in [-0.3, -0.25) is 9.48 Å². The maximum Gasteiger partial charge on any atom is 0.143 e. The number of Topliss-reactive ketones (excluding diaryl/α,β-unsaturated/α-hetero) is 1. The largest absolute Gasteiger partial charge is 0.327 e. The molecule has 102 valence electrons. The van der Waals surface area contributed by atoms with Gasteiger partial charge in [-0.2, -0.15) is 5.10 Å². The van der Waals surface area contributed by atoms with Gasteiger partial charge in [0.1, 0.15) is 5.78 Å². The Balaban J connectivity index is 2.96. The van der Waals surface area contributed by atoms with Crippen LogP contribution in [0.3, 0.4) is 0 Å². The predicted molar refractivity (Wildman–Crippen MR) is 76.5 cm³/mol. The van der Waals surface area contributed by atoms with E-state index in [2.05, 4.69) is 28.0 Å².